The topological polar surface area (TPSA) is 80.9 Å². The maximum atomic E-state index is 10.9. The van der Waals surface area contributed by atoms with E-state index >= 15 is 0 Å². The molecule has 1 aliphatic carbocycles. The molecule has 5 heteroatoms. The minimum absolute atomic E-state index is 0.454. The molecular formula is C17H20N4O. The van der Waals surface area contributed by atoms with Crippen LogP contribution in [-0.4, -0.2) is 21.9 Å². The monoisotopic (exact) mass is 296 g/mol. The van der Waals surface area contributed by atoms with Crippen LogP contribution in [0.15, 0.2) is 30.6 Å². The van der Waals surface area contributed by atoms with Crippen LogP contribution in [0, 0.1) is 0 Å². The largest absolute Gasteiger partial charge is 0.367 e. The summed E-state index contributed by atoms with van der Waals surface area (Å²) in [6.07, 6.45) is 10.9. The maximum Gasteiger partial charge on any atom is 0.241 e. The number of benzene rings is 1. The molecule has 3 rings (SSSR count). The van der Waals surface area contributed by atoms with Crippen LogP contribution in [0.4, 0.5) is 5.82 Å². The van der Waals surface area contributed by atoms with E-state index < -0.39 is 5.91 Å². The summed E-state index contributed by atoms with van der Waals surface area (Å²) >= 11 is 0. The number of aromatic nitrogens is 2. The number of nitrogens with zero attached hydrogens (tertiary/aromatic N) is 2. The number of hydrogen-bond acceptors (Lipinski definition) is 4. The van der Waals surface area contributed by atoms with Crippen LogP contribution in [0.1, 0.15) is 37.7 Å². The highest BCUT2D eigenvalue weighted by Crippen LogP contribution is 2.25. The summed E-state index contributed by atoms with van der Waals surface area (Å²) in [6, 6.07) is 6.32. The molecule has 0 saturated heterocycles. The first-order valence-electron chi connectivity index (χ1n) is 7.71. The molecule has 0 atom stereocenters. The lowest BCUT2D eigenvalue weighted by atomic mass is 9.95. The Morgan fingerprint density at radius 1 is 1.23 bits per heavy atom. The molecule has 22 heavy (non-hydrogen) atoms. The predicted molar refractivity (Wildman–Crippen MR) is 88.3 cm³/mol. The van der Waals surface area contributed by atoms with Crippen LogP contribution in [0.2, 0.25) is 0 Å². The Morgan fingerprint density at radius 3 is 2.82 bits per heavy atom. The number of hydrogen-bond donors (Lipinski definition) is 2. The van der Waals surface area contributed by atoms with Gasteiger partial charge >= 0.3 is 0 Å². The van der Waals surface area contributed by atoms with E-state index in [1.165, 1.54) is 38.2 Å². The molecule has 0 radical (unpaired) electrons. The number of nitrogens with one attached hydrogen (secondary N) is 1. The zero-order valence-electron chi connectivity index (χ0n) is 12.5. The highest BCUT2D eigenvalue weighted by Gasteiger charge is 2.15. The van der Waals surface area contributed by atoms with Gasteiger partial charge in [-0.05, 0) is 36.6 Å². The molecule has 0 bridgehead atoms. The summed E-state index contributed by atoms with van der Waals surface area (Å²) in [5.74, 6) is 0.413. The van der Waals surface area contributed by atoms with Crippen molar-refractivity contribution < 1.29 is 4.79 Å². The molecule has 1 saturated carbocycles. The SMILES string of the molecule is NC(=O)/C=C/c1ccc2ncnc(NC3CCCCC3)c2c1. The first kappa shape index (κ1) is 14.5. The quantitative estimate of drug-likeness (QED) is 0.850. The Morgan fingerprint density at radius 2 is 2.05 bits per heavy atom. The lowest BCUT2D eigenvalue weighted by Crippen LogP contribution is -2.23. The van der Waals surface area contributed by atoms with Gasteiger partial charge in [-0.2, -0.15) is 0 Å². The molecule has 0 aliphatic heterocycles. The number of nitrogens with two attached hydrogens (primary N) is 1. The average molecular weight is 296 g/mol. The van der Waals surface area contributed by atoms with E-state index in [0.29, 0.717) is 6.04 Å². The third-order valence-electron chi connectivity index (χ3n) is 4.05. The predicted octanol–water partition coefficient (Wildman–Crippen LogP) is 2.87. The third kappa shape index (κ3) is 3.42. The van der Waals surface area contributed by atoms with Crippen molar-refractivity contribution in [3.8, 4) is 0 Å². The molecule has 1 aliphatic rings. The maximum absolute atomic E-state index is 10.9. The van der Waals surface area contributed by atoms with Gasteiger partial charge in [-0.3, -0.25) is 4.79 Å². The lowest BCUT2D eigenvalue weighted by molar-refractivity contribution is -0.113. The molecular weight excluding hydrogens is 276 g/mol. The van der Waals surface area contributed by atoms with Gasteiger partial charge < -0.3 is 11.1 Å². The number of fused-ring (bicyclic) bond motifs is 1. The molecule has 1 aromatic carbocycles. The second-order valence-corrected chi connectivity index (χ2v) is 5.71. The Labute approximate surface area is 129 Å². The first-order chi connectivity index (χ1) is 10.7. The molecule has 5 nitrogen and oxygen atoms in total. The lowest BCUT2D eigenvalue weighted by Gasteiger charge is -2.23. The number of carbonyl (C=O) groups excluding carboxylic acids is 1. The Hall–Kier alpha value is -2.43. The van der Waals surface area contributed by atoms with Crippen LogP contribution < -0.4 is 11.1 Å². The summed E-state index contributed by atoms with van der Waals surface area (Å²) in [4.78, 5) is 19.6. The van der Waals surface area contributed by atoms with Crippen LogP contribution in [-0.2, 0) is 4.79 Å². The number of primary amides is 1. The number of amides is 1. The first-order valence-corrected chi connectivity index (χ1v) is 7.71. The third-order valence-corrected chi connectivity index (χ3v) is 4.05. The molecule has 1 amide bonds. The van der Waals surface area contributed by atoms with Gasteiger partial charge in [0.1, 0.15) is 12.1 Å². The van der Waals surface area contributed by atoms with Gasteiger partial charge in [-0.25, -0.2) is 9.97 Å². The number of anilines is 1. The van der Waals surface area contributed by atoms with Crippen molar-refractivity contribution in [1.82, 2.24) is 9.97 Å². The minimum atomic E-state index is -0.454. The summed E-state index contributed by atoms with van der Waals surface area (Å²) in [6.45, 7) is 0. The van der Waals surface area contributed by atoms with Crippen LogP contribution in [0.25, 0.3) is 17.0 Å². The van der Waals surface area contributed by atoms with Crippen LogP contribution in [0.3, 0.4) is 0 Å². The van der Waals surface area contributed by atoms with Crippen LogP contribution >= 0.6 is 0 Å². The van der Waals surface area contributed by atoms with Gasteiger partial charge in [0.05, 0.1) is 5.52 Å². The summed E-state index contributed by atoms with van der Waals surface area (Å²) in [5, 5.41) is 4.52. The van der Waals surface area contributed by atoms with Gasteiger partial charge in [0.25, 0.3) is 0 Å². The molecule has 0 spiro atoms. The highest BCUT2D eigenvalue weighted by atomic mass is 16.1. The van der Waals surface area contributed by atoms with E-state index in [4.69, 9.17) is 5.73 Å². The molecule has 0 unspecified atom stereocenters. The van der Waals surface area contributed by atoms with Crippen molar-refractivity contribution in [1.29, 1.82) is 0 Å². The van der Waals surface area contributed by atoms with E-state index in [1.807, 2.05) is 18.2 Å². The summed E-state index contributed by atoms with van der Waals surface area (Å²) in [5.41, 5.74) is 6.95. The summed E-state index contributed by atoms with van der Waals surface area (Å²) in [7, 11) is 0. The van der Waals surface area contributed by atoms with E-state index in [1.54, 1.807) is 12.4 Å². The summed E-state index contributed by atoms with van der Waals surface area (Å²) < 4.78 is 0. The van der Waals surface area contributed by atoms with Gasteiger partial charge in [-0.1, -0.05) is 25.3 Å². The van der Waals surface area contributed by atoms with E-state index in [2.05, 4.69) is 15.3 Å². The van der Waals surface area contributed by atoms with E-state index in [9.17, 15) is 4.79 Å². The highest BCUT2D eigenvalue weighted by molar-refractivity contribution is 5.93. The van der Waals surface area contributed by atoms with E-state index in [-0.39, 0.29) is 0 Å². The normalized spacial score (nSPS) is 16.2. The molecule has 1 heterocycles. The standard InChI is InChI=1S/C17H20N4O/c18-16(22)9-7-12-6-8-15-14(10-12)17(20-11-19-15)21-13-4-2-1-3-5-13/h6-11,13H,1-5H2,(H2,18,22)(H,19,20,21)/b9-7+. The van der Waals surface area contributed by atoms with Crippen molar-refractivity contribution in [2.45, 2.75) is 38.1 Å². The van der Waals surface area contributed by atoms with Gasteiger partial charge in [0, 0.05) is 17.5 Å². The van der Waals surface area contributed by atoms with E-state index in [0.717, 1.165) is 22.3 Å². The molecule has 3 N–H and O–H groups in total. The van der Waals surface area contributed by atoms with Crippen molar-refractivity contribution >= 4 is 28.7 Å². The Kier molecular flexibility index (Phi) is 4.32. The second kappa shape index (κ2) is 6.56. The minimum Gasteiger partial charge on any atom is -0.367 e. The Balaban J connectivity index is 1.91. The molecule has 1 fully saturated rings. The smallest absolute Gasteiger partial charge is 0.241 e. The number of rotatable bonds is 4. The van der Waals surface area contributed by atoms with Gasteiger partial charge in [0.2, 0.25) is 5.91 Å². The molecule has 1 aromatic heterocycles. The fourth-order valence-electron chi connectivity index (χ4n) is 2.91. The van der Waals surface area contributed by atoms with Gasteiger partial charge in [-0.15, -0.1) is 0 Å². The Bertz CT molecular complexity index is 705. The van der Waals surface area contributed by atoms with Crippen LogP contribution in [0.5, 0.6) is 0 Å². The zero-order chi connectivity index (χ0) is 15.4. The van der Waals surface area contributed by atoms with Crippen molar-refractivity contribution in [3.63, 3.8) is 0 Å². The average Bonchev–Trinajstić information content (AvgIpc) is 2.54. The van der Waals surface area contributed by atoms with Gasteiger partial charge in [0.15, 0.2) is 0 Å². The molecule has 114 valence electrons. The second-order valence-electron chi connectivity index (χ2n) is 5.71. The fraction of sp³-hybridized carbons (Fsp3) is 0.353. The van der Waals surface area contributed by atoms with Crippen molar-refractivity contribution in [3.05, 3.63) is 36.2 Å². The number of carbonyl (C=O) groups is 1. The zero-order valence-corrected chi connectivity index (χ0v) is 12.5. The van der Waals surface area contributed by atoms with Crippen molar-refractivity contribution in [2.24, 2.45) is 5.73 Å². The molecule has 2 aromatic rings. The fourth-order valence-corrected chi connectivity index (χ4v) is 2.91. The van der Waals surface area contributed by atoms with Crippen molar-refractivity contribution in [2.75, 3.05) is 5.32 Å².